The van der Waals surface area contributed by atoms with Gasteiger partial charge in [-0.25, -0.2) is 9.97 Å². The Morgan fingerprint density at radius 2 is 2.00 bits per heavy atom. The molecule has 0 fully saturated rings. The van der Waals surface area contributed by atoms with Crippen molar-refractivity contribution in [1.29, 1.82) is 0 Å². The minimum atomic E-state index is 0.508. The minimum absolute atomic E-state index is 0.508. The van der Waals surface area contributed by atoms with E-state index in [2.05, 4.69) is 9.97 Å². The highest BCUT2D eigenvalue weighted by atomic mass is 35.5. The van der Waals surface area contributed by atoms with Crippen LogP contribution in [0.1, 0.15) is 0 Å². The molecule has 3 aromatic heterocycles. The first-order valence-corrected chi connectivity index (χ1v) is 6.30. The molecule has 0 unspecified atom stereocenters. The fraction of sp³-hybridized carbons (Fsp3) is 0.143. The first kappa shape index (κ1) is 12.0. The van der Waals surface area contributed by atoms with Crippen molar-refractivity contribution in [3.05, 3.63) is 48.0 Å². The number of rotatable bonds is 2. The quantitative estimate of drug-likeness (QED) is 0.672. The van der Waals surface area contributed by atoms with Crippen molar-refractivity contribution in [1.82, 2.24) is 14.4 Å². The van der Waals surface area contributed by atoms with Crippen LogP contribution in [0.3, 0.4) is 0 Å². The molecule has 0 aliphatic rings. The van der Waals surface area contributed by atoms with Crippen molar-refractivity contribution in [2.24, 2.45) is 0 Å². The maximum absolute atomic E-state index is 6.14. The molecule has 3 aromatic rings. The highest BCUT2D eigenvalue weighted by molar-refractivity contribution is 6.32. The summed E-state index contributed by atoms with van der Waals surface area (Å²) in [6.45, 7) is 0. The predicted molar refractivity (Wildman–Crippen MR) is 77.8 cm³/mol. The molecule has 0 atom stereocenters. The standard InChI is InChI=1S/C14H13ClN4/c1-18(2)13-8-17-12-6-5-10(9-19(12)13)11-4-3-7-16-14(11)15/h3-9H,1-2H3. The van der Waals surface area contributed by atoms with Gasteiger partial charge in [0, 0.05) is 37.6 Å². The Bertz CT molecular complexity index is 733. The summed E-state index contributed by atoms with van der Waals surface area (Å²) >= 11 is 6.14. The number of hydrogen-bond donors (Lipinski definition) is 0. The molecule has 96 valence electrons. The van der Waals surface area contributed by atoms with Gasteiger partial charge in [-0.05, 0) is 24.3 Å². The van der Waals surface area contributed by atoms with Crippen molar-refractivity contribution < 1.29 is 0 Å². The van der Waals surface area contributed by atoms with E-state index in [9.17, 15) is 0 Å². The van der Waals surface area contributed by atoms with Gasteiger partial charge >= 0.3 is 0 Å². The number of hydrogen-bond acceptors (Lipinski definition) is 3. The van der Waals surface area contributed by atoms with Crippen molar-refractivity contribution >= 4 is 23.1 Å². The summed E-state index contributed by atoms with van der Waals surface area (Å²) in [5.41, 5.74) is 2.85. The summed E-state index contributed by atoms with van der Waals surface area (Å²) in [5.74, 6) is 1.02. The predicted octanol–water partition coefficient (Wildman–Crippen LogP) is 3.12. The van der Waals surface area contributed by atoms with Crippen LogP contribution in [0.4, 0.5) is 5.82 Å². The van der Waals surface area contributed by atoms with Gasteiger partial charge in [0.15, 0.2) is 0 Å². The third kappa shape index (κ3) is 2.04. The number of anilines is 1. The zero-order valence-corrected chi connectivity index (χ0v) is 11.5. The lowest BCUT2D eigenvalue weighted by molar-refractivity contribution is 1.04. The van der Waals surface area contributed by atoms with E-state index in [1.165, 1.54) is 0 Å². The summed E-state index contributed by atoms with van der Waals surface area (Å²) in [7, 11) is 3.99. The number of nitrogens with zero attached hydrogens (tertiary/aromatic N) is 4. The van der Waals surface area contributed by atoms with Crippen molar-refractivity contribution in [3.63, 3.8) is 0 Å². The van der Waals surface area contributed by atoms with E-state index in [0.29, 0.717) is 5.15 Å². The van der Waals surface area contributed by atoms with E-state index in [0.717, 1.165) is 22.6 Å². The van der Waals surface area contributed by atoms with Gasteiger partial charge in [0.2, 0.25) is 0 Å². The maximum atomic E-state index is 6.14. The molecule has 0 aliphatic carbocycles. The fourth-order valence-electron chi connectivity index (χ4n) is 2.06. The zero-order valence-electron chi connectivity index (χ0n) is 10.7. The van der Waals surface area contributed by atoms with E-state index in [-0.39, 0.29) is 0 Å². The molecule has 19 heavy (non-hydrogen) atoms. The molecule has 3 heterocycles. The lowest BCUT2D eigenvalue weighted by Gasteiger charge is -2.12. The monoisotopic (exact) mass is 272 g/mol. The van der Waals surface area contributed by atoms with Gasteiger partial charge in [0.05, 0.1) is 6.20 Å². The Labute approximate surface area is 116 Å². The molecule has 4 nitrogen and oxygen atoms in total. The van der Waals surface area contributed by atoms with Gasteiger partial charge < -0.3 is 4.90 Å². The average molecular weight is 273 g/mol. The van der Waals surface area contributed by atoms with Crippen molar-refractivity contribution in [2.45, 2.75) is 0 Å². The van der Waals surface area contributed by atoms with E-state index in [4.69, 9.17) is 11.6 Å². The average Bonchev–Trinajstić information content (AvgIpc) is 2.82. The molecule has 0 N–H and O–H groups in total. The van der Waals surface area contributed by atoms with Gasteiger partial charge in [0.1, 0.15) is 16.6 Å². The number of pyridine rings is 2. The molecule has 0 saturated heterocycles. The molecule has 5 heteroatoms. The van der Waals surface area contributed by atoms with Gasteiger partial charge in [0.25, 0.3) is 0 Å². The molecular weight excluding hydrogens is 260 g/mol. The molecule has 0 aliphatic heterocycles. The largest absolute Gasteiger partial charge is 0.363 e. The van der Waals surface area contributed by atoms with Gasteiger partial charge in [-0.2, -0.15) is 0 Å². The van der Waals surface area contributed by atoms with E-state index >= 15 is 0 Å². The first-order valence-electron chi connectivity index (χ1n) is 5.92. The van der Waals surface area contributed by atoms with Crippen LogP contribution in [0.15, 0.2) is 42.9 Å². The molecule has 0 saturated carbocycles. The van der Waals surface area contributed by atoms with Crippen LogP contribution < -0.4 is 4.90 Å². The highest BCUT2D eigenvalue weighted by Crippen LogP contribution is 2.27. The van der Waals surface area contributed by atoms with Crippen LogP contribution in [0, 0.1) is 0 Å². The Morgan fingerprint density at radius 3 is 2.74 bits per heavy atom. The topological polar surface area (TPSA) is 33.4 Å². The van der Waals surface area contributed by atoms with Crippen LogP contribution in [0.25, 0.3) is 16.8 Å². The molecular formula is C14H13ClN4. The summed E-state index contributed by atoms with van der Waals surface area (Å²) < 4.78 is 2.04. The third-order valence-electron chi connectivity index (χ3n) is 3.01. The third-order valence-corrected chi connectivity index (χ3v) is 3.32. The van der Waals surface area contributed by atoms with Crippen LogP contribution >= 0.6 is 11.6 Å². The second-order valence-corrected chi connectivity index (χ2v) is 4.86. The normalized spacial score (nSPS) is 10.9. The van der Waals surface area contributed by atoms with Crippen LogP contribution in [-0.2, 0) is 0 Å². The smallest absolute Gasteiger partial charge is 0.138 e. The summed E-state index contributed by atoms with van der Waals surface area (Å²) in [6.07, 6.45) is 5.57. The Hall–Kier alpha value is -2.07. The van der Waals surface area contributed by atoms with Gasteiger partial charge in [-0.15, -0.1) is 0 Å². The molecule has 0 radical (unpaired) electrons. The molecule has 0 aromatic carbocycles. The SMILES string of the molecule is CN(C)c1cnc2ccc(-c3cccnc3Cl)cn12. The number of imidazole rings is 1. The van der Waals surface area contributed by atoms with Crippen LogP contribution in [-0.4, -0.2) is 28.5 Å². The molecule has 0 amide bonds. The highest BCUT2D eigenvalue weighted by Gasteiger charge is 2.08. The van der Waals surface area contributed by atoms with E-state index in [1.54, 1.807) is 6.20 Å². The van der Waals surface area contributed by atoms with Gasteiger partial charge in [-0.3, -0.25) is 4.40 Å². The van der Waals surface area contributed by atoms with E-state index in [1.807, 2.05) is 60.1 Å². The maximum Gasteiger partial charge on any atom is 0.138 e. The number of aromatic nitrogens is 3. The minimum Gasteiger partial charge on any atom is -0.363 e. The molecule has 0 spiro atoms. The fourth-order valence-corrected chi connectivity index (χ4v) is 2.29. The summed E-state index contributed by atoms with van der Waals surface area (Å²) in [6, 6.07) is 7.82. The second kappa shape index (κ2) is 4.55. The molecule has 3 rings (SSSR count). The zero-order chi connectivity index (χ0) is 13.4. The number of halogens is 1. The van der Waals surface area contributed by atoms with E-state index < -0.39 is 0 Å². The molecule has 0 bridgehead atoms. The lowest BCUT2D eigenvalue weighted by Crippen LogP contribution is -2.10. The Kier molecular flexibility index (Phi) is 2.87. The summed E-state index contributed by atoms with van der Waals surface area (Å²) in [5, 5.41) is 0.508. The Morgan fingerprint density at radius 1 is 1.16 bits per heavy atom. The van der Waals surface area contributed by atoms with Crippen LogP contribution in [0.2, 0.25) is 5.15 Å². The number of fused-ring (bicyclic) bond motifs is 1. The van der Waals surface area contributed by atoms with Crippen molar-refractivity contribution in [3.8, 4) is 11.1 Å². The summed E-state index contributed by atoms with van der Waals surface area (Å²) in [4.78, 5) is 10.5. The first-order chi connectivity index (χ1) is 9.16. The Balaban J connectivity index is 2.21. The van der Waals surface area contributed by atoms with Gasteiger partial charge in [-0.1, -0.05) is 11.6 Å². The van der Waals surface area contributed by atoms with Crippen LogP contribution in [0.5, 0.6) is 0 Å². The second-order valence-electron chi connectivity index (χ2n) is 4.50. The van der Waals surface area contributed by atoms with Crippen molar-refractivity contribution in [2.75, 3.05) is 19.0 Å². The lowest BCUT2D eigenvalue weighted by atomic mass is 10.1.